The van der Waals surface area contributed by atoms with Gasteiger partial charge in [0.2, 0.25) is 10.0 Å². The van der Waals surface area contributed by atoms with E-state index in [-0.39, 0.29) is 0 Å². The lowest BCUT2D eigenvalue weighted by atomic mass is 10.2. The lowest BCUT2D eigenvalue weighted by molar-refractivity contribution is 0.0362. The van der Waals surface area contributed by atoms with Gasteiger partial charge in [-0.3, -0.25) is 9.88 Å². The molecule has 36 heavy (non-hydrogen) atoms. The standard InChI is InChI=1S/C27H33ClN4O3S/c1-30(13-3-4-23-7-9-25(28)10-8-23)14-16-32(17-15-31-18-20-35-21-19-31)36(33,34)27-6-2-5-24-22-29-12-11-26(24)27/h2-12,22H,13-21H2,1H3. The molecule has 0 unspecified atom stereocenters. The van der Waals surface area contributed by atoms with Crippen LogP contribution in [0.4, 0.5) is 0 Å². The van der Waals surface area contributed by atoms with Crippen LogP contribution in [-0.4, -0.2) is 93.6 Å². The fraction of sp³-hybridized carbons (Fsp3) is 0.370. The molecule has 0 bridgehead atoms. The average Bonchev–Trinajstić information content (AvgIpc) is 2.90. The molecule has 0 N–H and O–H groups in total. The van der Waals surface area contributed by atoms with E-state index in [1.54, 1.807) is 34.9 Å². The number of hydrogen-bond acceptors (Lipinski definition) is 6. The monoisotopic (exact) mass is 528 g/mol. The van der Waals surface area contributed by atoms with Gasteiger partial charge in [-0.05, 0) is 36.9 Å². The highest BCUT2D eigenvalue weighted by molar-refractivity contribution is 7.89. The van der Waals surface area contributed by atoms with Crippen molar-refractivity contribution in [3.05, 3.63) is 77.6 Å². The molecule has 3 aromatic rings. The van der Waals surface area contributed by atoms with Crippen LogP contribution >= 0.6 is 11.6 Å². The van der Waals surface area contributed by atoms with E-state index in [4.69, 9.17) is 16.3 Å². The maximum Gasteiger partial charge on any atom is 0.243 e. The number of morpholine rings is 1. The van der Waals surface area contributed by atoms with Crippen LogP contribution < -0.4 is 0 Å². The maximum atomic E-state index is 13.9. The first-order valence-electron chi connectivity index (χ1n) is 12.2. The van der Waals surface area contributed by atoms with Crippen molar-refractivity contribution in [2.75, 3.05) is 66.1 Å². The average molecular weight is 529 g/mol. The Bertz CT molecular complexity index is 1260. The Morgan fingerprint density at radius 2 is 1.83 bits per heavy atom. The SMILES string of the molecule is CN(CC=Cc1ccc(Cl)cc1)CCN(CCN1CCOCC1)S(=O)(=O)c1cccc2cnccc12. The Labute approximate surface area is 219 Å². The third-order valence-electron chi connectivity index (χ3n) is 6.36. The summed E-state index contributed by atoms with van der Waals surface area (Å²) in [6.45, 7) is 5.84. The summed E-state index contributed by atoms with van der Waals surface area (Å²) < 4.78 is 34.8. The number of halogens is 1. The Morgan fingerprint density at radius 1 is 1.06 bits per heavy atom. The van der Waals surface area contributed by atoms with E-state index >= 15 is 0 Å². The summed E-state index contributed by atoms with van der Waals surface area (Å²) in [6, 6.07) is 14.8. The van der Waals surface area contributed by atoms with Crippen LogP contribution in [0.25, 0.3) is 16.8 Å². The number of fused-ring (bicyclic) bond motifs is 1. The number of hydrogen-bond donors (Lipinski definition) is 0. The van der Waals surface area contributed by atoms with Gasteiger partial charge in [-0.2, -0.15) is 4.31 Å². The van der Waals surface area contributed by atoms with E-state index in [0.717, 1.165) is 24.0 Å². The zero-order valence-corrected chi connectivity index (χ0v) is 22.2. The lowest BCUT2D eigenvalue weighted by Crippen LogP contribution is -2.45. The molecule has 9 heteroatoms. The maximum absolute atomic E-state index is 13.9. The molecule has 1 aliphatic heterocycles. The van der Waals surface area contributed by atoms with Crippen LogP contribution in [0.1, 0.15) is 5.56 Å². The van der Waals surface area contributed by atoms with Crippen molar-refractivity contribution in [2.24, 2.45) is 0 Å². The molecule has 0 saturated carbocycles. The van der Waals surface area contributed by atoms with Gasteiger partial charge in [-0.15, -0.1) is 0 Å². The molecule has 0 radical (unpaired) electrons. The zero-order chi connectivity index (χ0) is 25.4. The van der Waals surface area contributed by atoms with E-state index < -0.39 is 10.0 Å². The highest BCUT2D eigenvalue weighted by Gasteiger charge is 2.27. The van der Waals surface area contributed by atoms with Crippen molar-refractivity contribution >= 4 is 38.5 Å². The first kappa shape index (κ1) is 26.7. The van der Waals surface area contributed by atoms with Gasteiger partial charge in [0, 0.05) is 74.0 Å². The smallest absolute Gasteiger partial charge is 0.243 e. The number of ether oxygens (including phenoxy) is 1. The molecule has 0 spiro atoms. The second-order valence-corrected chi connectivity index (χ2v) is 11.3. The molecular weight excluding hydrogens is 496 g/mol. The zero-order valence-electron chi connectivity index (χ0n) is 20.6. The molecule has 1 aromatic heterocycles. The third-order valence-corrected chi connectivity index (χ3v) is 8.57. The number of benzene rings is 2. The van der Waals surface area contributed by atoms with Crippen LogP contribution in [0.15, 0.2) is 71.9 Å². The summed E-state index contributed by atoms with van der Waals surface area (Å²) in [5, 5.41) is 2.23. The largest absolute Gasteiger partial charge is 0.379 e. The van der Waals surface area contributed by atoms with Gasteiger partial charge in [0.15, 0.2) is 0 Å². The normalized spacial score (nSPS) is 15.4. The van der Waals surface area contributed by atoms with Crippen molar-refractivity contribution in [2.45, 2.75) is 4.90 Å². The number of rotatable bonds is 11. The summed E-state index contributed by atoms with van der Waals surface area (Å²) in [5.74, 6) is 0. The van der Waals surface area contributed by atoms with Crippen molar-refractivity contribution in [3.63, 3.8) is 0 Å². The van der Waals surface area contributed by atoms with Gasteiger partial charge in [0.05, 0.1) is 18.1 Å². The van der Waals surface area contributed by atoms with Crippen LogP contribution in [0.3, 0.4) is 0 Å². The summed E-state index contributed by atoms with van der Waals surface area (Å²) >= 11 is 5.96. The highest BCUT2D eigenvalue weighted by Crippen LogP contribution is 2.25. The molecule has 192 valence electrons. The number of likely N-dealkylation sites (N-methyl/N-ethyl adjacent to an activating group) is 1. The minimum absolute atomic E-state index is 0.328. The second kappa shape index (κ2) is 12.8. The number of sulfonamides is 1. The molecule has 1 aliphatic rings. The van der Waals surface area contributed by atoms with E-state index in [2.05, 4.69) is 20.9 Å². The summed E-state index contributed by atoms with van der Waals surface area (Å²) in [4.78, 5) is 8.86. The molecule has 2 heterocycles. The highest BCUT2D eigenvalue weighted by atomic mass is 35.5. The Morgan fingerprint density at radius 3 is 2.61 bits per heavy atom. The molecule has 0 atom stereocenters. The van der Waals surface area contributed by atoms with Crippen LogP contribution in [0.2, 0.25) is 5.02 Å². The van der Waals surface area contributed by atoms with Crippen LogP contribution in [0.5, 0.6) is 0 Å². The molecule has 0 aliphatic carbocycles. The van der Waals surface area contributed by atoms with Gasteiger partial charge in [0.25, 0.3) is 0 Å². The van der Waals surface area contributed by atoms with Crippen molar-refractivity contribution in [3.8, 4) is 0 Å². The van der Waals surface area contributed by atoms with Crippen LogP contribution in [0, 0.1) is 0 Å². The minimum Gasteiger partial charge on any atom is -0.379 e. The lowest BCUT2D eigenvalue weighted by Gasteiger charge is -2.30. The van der Waals surface area contributed by atoms with E-state index in [0.29, 0.717) is 61.2 Å². The number of aromatic nitrogens is 1. The quantitative estimate of drug-likeness (QED) is 0.376. The topological polar surface area (TPSA) is 66.0 Å². The van der Waals surface area contributed by atoms with Gasteiger partial charge in [0.1, 0.15) is 0 Å². The fourth-order valence-electron chi connectivity index (χ4n) is 4.20. The number of nitrogens with zero attached hydrogens (tertiary/aromatic N) is 4. The third kappa shape index (κ3) is 7.12. The minimum atomic E-state index is -3.70. The Balaban J connectivity index is 1.46. The fourth-order valence-corrected chi connectivity index (χ4v) is 5.97. The van der Waals surface area contributed by atoms with E-state index in [1.807, 2.05) is 43.5 Å². The molecular formula is C27H33ClN4O3S. The molecule has 7 nitrogen and oxygen atoms in total. The van der Waals surface area contributed by atoms with Crippen molar-refractivity contribution in [1.29, 1.82) is 0 Å². The molecule has 0 amide bonds. The van der Waals surface area contributed by atoms with Gasteiger partial charge < -0.3 is 9.64 Å². The molecule has 1 fully saturated rings. The predicted octanol–water partition coefficient (Wildman–Crippen LogP) is 3.86. The van der Waals surface area contributed by atoms with Crippen molar-refractivity contribution in [1.82, 2.24) is 19.1 Å². The Hall–Kier alpha value is -2.33. The predicted molar refractivity (Wildman–Crippen MR) is 146 cm³/mol. The van der Waals surface area contributed by atoms with Crippen LogP contribution in [-0.2, 0) is 14.8 Å². The van der Waals surface area contributed by atoms with Crippen molar-refractivity contribution < 1.29 is 13.2 Å². The summed E-state index contributed by atoms with van der Waals surface area (Å²) in [6.07, 6.45) is 7.46. The van der Waals surface area contributed by atoms with E-state index in [1.165, 1.54) is 0 Å². The number of pyridine rings is 1. The molecule has 2 aromatic carbocycles. The summed E-state index contributed by atoms with van der Waals surface area (Å²) in [7, 11) is -1.70. The van der Waals surface area contributed by atoms with Gasteiger partial charge >= 0.3 is 0 Å². The molecule has 1 saturated heterocycles. The first-order chi connectivity index (χ1) is 17.4. The van der Waals surface area contributed by atoms with Gasteiger partial charge in [-0.25, -0.2) is 8.42 Å². The molecule has 4 rings (SSSR count). The first-order valence-corrected chi connectivity index (χ1v) is 14.0. The summed E-state index contributed by atoms with van der Waals surface area (Å²) in [5.41, 5.74) is 1.08. The second-order valence-electron chi connectivity index (χ2n) is 8.93. The van der Waals surface area contributed by atoms with E-state index in [9.17, 15) is 8.42 Å². The Kier molecular flexibility index (Phi) is 9.47. The van der Waals surface area contributed by atoms with Gasteiger partial charge in [-0.1, -0.05) is 48.0 Å².